The van der Waals surface area contributed by atoms with Crippen LogP contribution in [-0.4, -0.2) is 26.2 Å². The van der Waals surface area contributed by atoms with Crippen LogP contribution in [0.4, 0.5) is 0 Å². The van der Waals surface area contributed by atoms with Crippen molar-refractivity contribution in [2.75, 3.05) is 26.2 Å². The Kier molecular flexibility index (Phi) is 2.14. The second-order valence-corrected chi connectivity index (χ2v) is 4.03. The molecule has 0 unspecified atom stereocenters. The van der Waals surface area contributed by atoms with Crippen LogP contribution in [0, 0.1) is 5.41 Å². The summed E-state index contributed by atoms with van der Waals surface area (Å²) in [4.78, 5) is 0. The number of hydrogen-bond acceptors (Lipinski definition) is 2. The molecule has 2 nitrogen and oxygen atoms in total. The molecule has 1 aliphatic carbocycles. The summed E-state index contributed by atoms with van der Waals surface area (Å²) < 4.78 is 0. The van der Waals surface area contributed by atoms with Crippen molar-refractivity contribution in [3.8, 4) is 0 Å². The standard InChI is InChI=1S/C9H18N2/c1-2-9(3-1)4-5-10-6-7-11-8-9/h10-11H,1-8H2. The van der Waals surface area contributed by atoms with Gasteiger partial charge in [0.25, 0.3) is 0 Å². The molecule has 0 bridgehead atoms. The van der Waals surface area contributed by atoms with Crippen LogP contribution in [0.3, 0.4) is 0 Å². The summed E-state index contributed by atoms with van der Waals surface area (Å²) >= 11 is 0. The molecule has 0 aromatic heterocycles. The van der Waals surface area contributed by atoms with Gasteiger partial charge in [0.2, 0.25) is 0 Å². The van der Waals surface area contributed by atoms with Gasteiger partial charge in [-0.2, -0.15) is 0 Å². The van der Waals surface area contributed by atoms with E-state index in [0.29, 0.717) is 5.41 Å². The lowest BCUT2D eigenvalue weighted by molar-refractivity contribution is 0.111. The molecule has 0 amide bonds. The van der Waals surface area contributed by atoms with Gasteiger partial charge >= 0.3 is 0 Å². The molecular formula is C9H18N2. The fraction of sp³-hybridized carbons (Fsp3) is 1.00. The Bertz CT molecular complexity index is 120. The first-order chi connectivity index (χ1) is 5.41. The first kappa shape index (κ1) is 7.56. The van der Waals surface area contributed by atoms with Gasteiger partial charge in [0, 0.05) is 19.6 Å². The molecular weight excluding hydrogens is 136 g/mol. The summed E-state index contributed by atoms with van der Waals surface area (Å²) in [6.07, 6.45) is 5.77. The Balaban J connectivity index is 1.86. The minimum Gasteiger partial charge on any atom is -0.315 e. The minimum atomic E-state index is 0.702. The Morgan fingerprint density at radius 3 is 2.36 bits per heavy atom. The Morgan fingerprint density at radius 2 is 1.64 bits per heavy atom. The van der Waals surface area contributed by atoms with Crippen LogP contribution in [0.1, 0.15) is 25.7 Å². The third kappa shape index (κ3) is 1.57. The van der Waals surface area contributed by atoms with E-state index in [9.17, 15) is 0 Å². The molecule has 1 aliphatic heterocycles. The van der Waals surface area contributed by atoms with Gasteiger partial charge in [-0.3, -0.25) is 0 Å². The predicted octanol–water partition coefficient (Wildman–Crippen LogP) is 0.740. The monoisotopic (exact) mass is 154 g/mol. The molecule has 1 saturated carbocycles. The van der Waals surface area contributed by atoms with E-state index in [0.717, 1.165) is 13.1 Å². The highest BCUT2D eigenvalue weighted by Crippen LogP contribution is 2.43. The van der Waals surface area contributed by atoms with Gasteiger partial charge in [-0.1, -0.05) is 6.42 Å². The van der Waals surface area contributed by atoms with E-state index in [2.05, 4.69) is 10.6 Å². The zero-order valence-electron chi connectivity index (χ0n) is 7.16. The zero-order valence-corrected chi connectivity index (χ0v) is 7.16. The van der Waals surface area contributed by atoms with Crippen molar-refractivity contribution in [3.63, 3.8) is 0 Å². The fourth-order valence-electron chi connectivity index (χ4n) is 2.20. The molecule has 0 aromatic carbocycles. The molecule has 0 radical (unpaired) electrons. The van der Waals surface area contributed by atoms with Gasteiger partial charge in [0.15, 0.2) is 0 Å². The number of nitrogens with one attached hydrogen (secondary N) is 2. The first-order valence-electron chi connectivity index (χ1n) is 4.83. The van der Waals surface area contributed by atoms with Crippen molar-refractivity contribution in [2.45, 2.75) is 25.7 Å². The van der Waals surface area contributed by atoms with E-state index in [4.69, 9.17) is 0 Å². The average Bonchev–Trinajstić information content (AvgIpc) is 1.82. The average molecular weight is 154 g/mol. The Hall–Kier alpha value is -0.0800. The van der Waals surface area contributed by atoms with Crippen LogP contribution < -0.4 is 10.6 Å². The van der Waals surface area contributed by atoms with Crippen molar-refractivity contribution in [2.24, 2.45) is 5.41 Å². The van der Waals surface area contributed by atoms with Gasteiger partial charge in [-0.25, -0.2) is 0 Å². The van der Waals surface area contributed by atoms with Crippen molar-refractivity contribution >= 4 is 0 Å². The summed E-state index contributed by atoms with van der Waals surface area (Å²) in [6.45, 7) is 4.81. The third-order valence-corrected chi connectivity index (χ3v) is 3.22. The molecule has 64 valence electrons. The zero-order chi connectivity index (χ0) is 7.57. The third-order valence-electron chi connectivity index (χ3n) is 3.22. The lowest BCUT2D eigenvalue weighted by Gasteiger charge is -2.43. The second kappa shape index (κ2) is 3.11. The van der Waals surface area contributed by atoms with Gasteiger partial charge in [-0.15, -0.1) is 0 Å². The molecule has 2 fully saturated rings. The largest absolute Gasteiger partial charge is 0.315 e. The van der Waals surface area contributed by atoms with Crippen molar-refractivity contribution in [3.05, 3.63) is 0 Å². The van der Waals surface area contributed by atoms with Crippen molar-refractivity contribution in [1.29, 1.82) is 0 Å². The summed E-state index contributed by atoms with van der Waals surface area (Å²) in [5.41, 5.74) is 0.702. The van der Waals surface area contributed by atoms with Crippen LogP contribution in [-0.2, 0) is 0 Å². The maximum Gasteiger partial charge on any atom is 0.00769 e. The number of hydrogen-bond donors (Lipinski definition) is 2. The van der Waals surface area contributed by atoms with Crippen LogP contribution in [0.25, 0.3) is 0 Å². The van der Waals surface area contributed by atoms with Crippen LogP contribution in [0.2, 0.25) is 0 Å². The molecule has 0 atom stereocenters. The van der Waals surface area contributed by atoms with E-state index in [1.54, 1.807) is 0 Å². The highest BCUT2D eigenvalue weighted by molar-refractivity contribution is 4.90. The molecule has 2 N–H and O–H groups in total. The van der Waals surface area contributed by atoms with E-state index in [1.165, 1.54) is 38.8 Å². The molecule has 1 saturated heterocycles. The van der Waals surface area contributed by atoms with Gasteiger partial charge in [0.05, 0.1) is 0 Å². The Labute approximate surface area is 68.7 Å². The lowest BCUT2D eigenvalue weighted by Crippen LogP contribution is -2.46. The number of rotatable bonds is 0. The van der Waals surface area contributed by atoms with Crippen molar-refractivity contribution < 1.29 is 0 Å². The molecule has 2 aliphatic rings. The highest BCUT2D eigenvalue weighted by Gasteiger charge is 2.36. The summed E-state index contributed by atoms with van der Waals surface area (Å²) in [7, 11) is 0. The SMILES string of the molecule is C1CC2(C1)CCNCCNC2. The van der Waals surface area contributed by atoms with E-state index >= 15 is 0 Å². The van der Waals surface area contributed by atoms with Crippen LogP contribution >= 0.6 is 0 Å². The topological polar surface area (TPSA) is 24.1 Å². The summed E-state index contributed by atoms with van der Waals surface area (Å²) in [6, 6.07) is 0. The summed E-state index contributed by atoms with van der Waals surface area (Å²) in [5.74, 6) is 0. The normalized spacial score (nSPS) is 30.5. The maximum absolute atomic E-state index is 3.52. The van der Waals surface area contributed by atoms with Crippen LogP contribution in [0.5, 0.6) is 0 Å². The molecule has 0 aromatic rings. The van der Waals surface area contributed by atoms with Gasteiger partial charge < -0.3 is 10.6 Å². The quantitative estimate of drug-likeness (QED) is 0.538. The lowest BCUT2D eigenvalue weighted by atomic mass is 9.66. The molecule has 11 heavy (non-hydrogen) atoms. The maximum atomic E-state index is 3.52. The second-order valence-electron chi connectivity index (χ2n) is 4.03. The Morgan fingerprint density at radius 1 is 0.818 bits per heavy atom. The fourth-order valence-corrected chi connectivity index (χ4v) is 2.20. The van der Waals surface area contributed by atoms with Crippen LogP contribution in [0.15, 0.2) is 0 Å². The van der Waals surface area contributed by atoms with E-state index < -0.39 is 0 Å². The van der Waals surface area contributed by atoms with E-state index in [-0.39, 0.29) is 0 Å². The molecule has 1 spiro atoms. The van der Waals surface area contributed by atoms with Gasteiger partial charge in [0.1, 0.15) is 0 Å². The first-order valence-corrected chi connectivity index (χ1v) is 4.83. The van der Waals surface area contributed by atoms with Gasteiger partial charge in [-0.05, 0) is 31.2 Å². The highest BCUT2D eigenvalue weighted by atomic mass is 15.0. The smallest absolute Gasteiger partial charge is 0.00769 e. The molecule has 2 heteroatoms. The van der Waals surface area contributed by atoms with Crippen molar-refractivity contribution in [1.82, 2.24) is 10.6 Å². The predicted molar refractivity (Wildman–Crippen MR) is 46.6 cm³/mol. The minimum absolute atomic E-state index is 0.702. The molecule has 2 rings (SSSR count). The summed E-state index contributed by atoms with van der Waals surface area (Å²) in [5, 5.41) is 6.97. The molecule has 1 heterocycles. The van der Waals surface area contributed by atoms with E-state index in [1.807, 2.05) is 0 Å².